The predicted molar refractivity (Wildman–Crippen MR) is 79.2 cm³/mol. The number of thiophene rings is 1. The Balaban J connectivity index is 1.61. The zero-order valence-corrected chi connectivity index (χ0v) is 11.7. The number of nitrogens with zero attached hydrogens (tertiary/aromatic N) is 2. The SMILES string of the molecule is c1csc(C2CN(c3nc4ccccc4o3)CCO2)c1. The number of hydrogen-bond acceptors (Lipinski definition) is 5. The Kier molecular flexibility index (Phi) is 2.94. The van der Waals surface area contributed by atoms with Gasteiger partial charge in [0.25, 0.3) is 6.01 Å². The first kappa shape index (κ1) is 11.9. The molecule has 4 rings (SSSR count). The third kappa shape index (κ3) is 2.09. The summed E-state index contributed by atoms with van der Waals surface area (Å²) in [6, 6.07) is 12.7. The topological polar surface area (TPSA) is 38.5 Å². The Bertz CT molecular complexity index is 675. The third-order valence-electron chi connectivity index (χ3n) is 3.48. The van der Waals surface area contributed by atoms with E-state index in [0.29, 0.717) is 12.6 Å². The second-order valence-electron chi connectivity index (χ2n) is 4.79. The number of para-hydroxylation sites is 2. The van der Waals surface area contributed by atoms with Gasteiger partial charge in [-0.25, -0.2) is 0 Å². The molecule has 0 saturated carbocycles. The molecule has 1 atom stereocenters. The van der Waals surface area contributed by atoms with E-state index in [1.807, 2.05) is 24.3 Å². The highest BCUT2D eigenvalue weighted by molar-refractivity contribution is 7.10. The first-order valence-electron chi connectivity index (χ1n) is 6.66. The van der Waals surface area contributed by atoms with Crippen LogP contribution in [0.2, 0.25) is 0 Å². The molecule has 1 aliphatic rings. The van der Waals surface area contributed by atoms with Gasteiger partial charge in [0.1, 0.15) is 11.6 Å². The summed E-state index contributed by atoms with van der Waals surface area (Å²) in [5, 5.41) is 2.08. The highest BCUT2D eigenvalue weighted by Crippen LogP contribution is 2.29. The predicted octanol–water partition coefficient (Wildman–Crippen LogP) is 3.47. The molecular weight excluding hydrogens is 272 g/mol. The molecule has 1 fully saturated rings. The molecule has 0 radical (unpaired) electrons. The quantitative estimate of drug-likeness (QED) is 0.723. The number of aromatic nitrogens is 1. The van der Waals surface area contributed by atoms with E-state index in [9.17, 15) is 0 Å². The van der Waals surface area contributed by atoms with Crippen molar-refractivity contribution in [3.05, 3.63) is 46.7 Å². The van der Waals surface area contributed by atoms with E-state index in [1.165, 1.54) is 4.88 Å². The highest BCUT2D eigenvalue weighted by Gasteiger charge is 2.25. The molecule has 102 valence electrons. The van der Waals surface area contributed by atoms with Crippen LogP contribution in [0.3, 0.4) is 0 Å². The number of morpholine rings is 1. The fraction of sp³-hybridized carbons (Fsp3) is 0.267. The molecule has 1 unspecified atom stereocenters. The molecule has 5 heteroatoms. The second kappa shape index (κ2) is 4.92. The summed E-state index contributed by atoms with van der Waals surface area (Å²) < 4.78 is 11.7. The van der Waals surface area contributed by atoms with Crippen molar-refractivity contribution in [2.45, 2.75) is 6.10 Å². The van der Waals surface area contributed by atoms with E-state index in [0.717, 1.165) is 24.2 Å². The van der Waals surface area contributed by atoms with Crippen molar-refractivity contribution in [1.29, 1.82) is 0 Å². The van der Waals surface area contributed by atoms with E-state index in [-0.39, 0.29) is 6.10 Å². The Labute approximate surface area is 120 Å². The molecule has 0 spiro atoms. The number of benzene rings is 1. The maximum Gasteiger partial charge on any atom is 0.298 e. The summed E-state index contributed by atoms with van der Waals surface area (Å²) in [5.41, 5.74) is 1.74. The van der Waals surface area contributed by atoms with Gasteiger partial charge in [0.15, 0.2) is 5.58 Å². The molecule has 0 amide bonds. The van der Waals surface area contributed by atoms with Crippen LogP contribution < -0.4 is 4.90 Å². The summed E-state index contributed by atoms with van der Waals surface area (Å²) >= 11 is 1.73. The minimum Gasteiger partial charge on any atom is -0.423 e. The maximum absolute atomic E-state index is 5.85. The van der Waals surface area contributed by atoms with Gasteiger partial charge < -0.3 is 14.1 Å². The van der Waals surface area contributed by atoms with Crippen molar-refractivity contribution in [1.82, 2.24) is 4.98 Å². The molecule has 1 aromatic carbocycles. The Hall–Kier alpha value is -1.85. The fourth-order valence-corrected chi connectivity index (χ4v) is 3.23. The van der Waals surface area contributed by atoms with E-state index < -0.39 is 0 Å². The lowest BCUT2D eigenvalue weighted by Crippen LogP contribution is -2.38. The molecule has 4 nitrogen and oxygen atoms in total. The lowest BCUT2D eigenvalue weighted by molar-refractivity contribution is 0.0404. The van der Waals surface area contributed by atoms with Crippen LogP contribution in [0.1, 0.15) is 11.0 Å². The minimum absolute atomic E-state index is 0.110. The molecule has 0 N–H and O–H groups in total. The molecule has 1 saturated heterocycles. The highest BCUT2D eigenvalue weighted by atomic mass is 32.1. The van der Waals surface area contributed by atoms with E-state index in [1.54, 1.807) is 11.3 Å². The first-order chi connectivity index (χ1) is 9.90. The average molecular weight is 286 g/mol. The summed E-state index contributed by atoms with van der Waals surface area (Å²) in [6.45, 7) is 2.29. The van der Waals surface area contributed by atoms with E-state index in [2.05, 4.69) is 27.4 Å². The number of anilines is 1. The molecule has 20 heavy (non-hydrogen) atoms. The smallest absolute Gasteiger partial charge is 0.298 e. The van der Waals surface area contributed by atoms with Crippen molar-refractivity contribution in [2.75, 3.05) is 24.6 Å². The van der Waals surface area contributed by atoms with Gasteiger partial charge in [-0.1, -0.05) is 18.2 Å². The van der Waals surface area contributed by atoms with E-state index in [4.69, 9.17) is 9.15 Å². The number of oxazole rings is 1. The van der Waals surface area contributed by atoms with Crippen molar-refractivity contribution in [2.24, 2.45) is 0 Å². The Morgan fingerprint density at radius 2 is 2.15 bits per heavy atom. The van der Waals surface area contributed by atoms with Crippen LogP contribution in [0, 0.1) is 0 Å². The fourth-order valence-electron chi connectivity index (χ4n) is 2.46. The summed E-state index contributed by atoms with van der Waals surface area (Å²) in [7, 11) is 0. The van der Waals surface area contributed by atoms with Gasteiger partial charge in [-0.3, -0.25) is 0 Å². The van der Waals surface area contributed by atoms with Gasteiger partial charge in [-0.15, -0.1) is 11.3 Å². The molecule has 0 bridgehead atoms. The summed E-state index contributed by atoms with van der Waals surface area (Å²) in [6.07, 6.45) is 0.110. The zero-order chi connectivity index (χ0) is 13.4. The summed E-state index contributed by atoms with van der Waals surface area (Å²) in [4.78, 5) is 7.98. The Morgan fingerprint density at radius 3 is 3.00 bits per heavy atom. The van der Waals surface area contributed by atoms with Crippen LogP contribution in [0.25, 0.3) is 11.1 Å². The molecule has 2 aromatic heterocycles. The minimum atomic E-state index is 0.110. The van der Waals surface area contributed by atoms with Gasteiger partial charge in [0.2, 0.25) is 0 Å². The molecule has 0 aliphatic carbocycles. The Morgan fingerprint density at radius 1 is 1.20 bits per heavy atom. The largest absolute Gasteiger partial charge is 0.423 e. The average Bonchev–Trinajstić information content (AvgIpc) is 3.16. The maximum atomic E-state index is 5.85. The monoisotopic (exact) mass is 286 g/mol. The van der Waals surface area contributed by atoms with Crippen molar-refractivity contribution in [3.8, 4) is 0 Å². The number of ether oxygens (including phenoxy) is 1. The number of hydrogen-bond donors (Lipinski definition) is 0. The molecule has 3 heterocycles. The standard InChI is InChI=1S/C15H14N2O2S/c1-2-5-12-11(4-1)16-15(19-12)17-7-8-18-13(10-17)14-6-3-9-20-14/h1-6,9,13H,7-8,10H2. The van der Waals surface area contributed by atoms with Crippen LogP contribution in [0.15, 0.2) is 46.2 Å². The molecule has 1 aliphatic heterocycles. The molecular formula is C15H14N2O2S. The molecule has 3 aromatic rings. The zero-order valence-electron chi connectivity index (χ0n) is 10.9. The van der Waals surface area contributed by atoms with Crippen LogP contribution in [0.5, 0.6) is 0 Å². The summed E-state index contributed by atoms with van der Waals surface area (Å²) in [5.74, 6) is 0. The van der Waals surface area contributed by atoms with Gasteiger partial charge >= 0.3 is 0 Å². The van der Waals surface area contributed by atoms with Crippen LogP contribution in [0.4, 0.5) is 6.01 Å². The van der Waals surface area contributed by atoms with Gasteiger partial charge in [-0.2, -0.15) is 4.98 Å². The van der Waals surface area contributed by atoms with Crippen LogP contribution in [-0.2, 0) is 4.74 Å². The number of fused-ring (bicyclic) bond motifs is 1. The third-order valence-corrected chi connectivity index (χ3v) is 4.44. The lowest BCUT2D eigenvalue weighted by atomic mass is 10.2. The van der Waals surface area contributed by atoms with Gasteiger partial charge in [-0.05, 0) is 23.6 Å². The van der Waals surface area contributed by atoms with Crippen molar-refractivity contribution >= 4 is 28.5 Å². The lowest BCUT2D eigenvalue weighted by Gasteiger charge is -2.31. The number of rotatable bonds is 2. The normalized spacial score (nSPS) is 19.6. The van der Waals surface area contributed by atoms with Gasteiger partial charge in [0, 0.05) is 11.4 Å². The van der Waals surface area contributed by atoms with Gasteiger partial charge in [0.05, 0.1) is 13.2 Å². The first-order valence-corrected chi connectivity index (χ1v) is 7.53. The van der Waals surface area contributed by atoms with Crippen LogP contribution in [-0.4, -0.2) is 24.7 Å². The van der Waals surface area contributed by atoms with Crippen LogP contribution >= 0.6 is 11.3 Å². The van der Waals surface area contributed by atoms with E-state index >= 15 is 0 Å². The van der Waals surface area contributed by atoms with Crippen molar-refractivity contribution in [3.63, 3.8) is 0 Å². The van der Waals surface area contributed by atoms with Crippen molar-refractivity contribution < 1.29 is 9.15 Å². The second-order valence-corrected chi connectivity index (χ2v) is 5.76.